The molecule has 0 spiro atoms. The van der Waals surface area contributed by atoms with E-state index in [9.17, 15) is 24.0 Å². The zero-order valence-corrected chi connectivity index (χ0v) is 17.7. The molecule has 2 aliphatic heterocycles. The number of imide groups is 2. The first kappa shape index (κ1) is 20.6. The fourth-order valence-electron chi connectivity index (χ4n) is 3.79. The summed E-state index contributed by atoms with van der Waals surface area (Å²) < 4.78 is 1.34. The number of hydrogen-bond acceptors (Lipinski definition) is 9. The number of carbonyl (C=O) groups excluding carboxylic acids is 5. The Balaban J connectivity index is 1.34. The predicted molar refractivity (Wildman–Crippen MR) is 113 cm³/mol. The molecule has 0 bridgehead atoms. The van der Waals surface area contributed by atoms with Crippen LogP contribution in [0, 0.1) is 0 Å². The monoisotopic (exact) mass is 465 g/mol. The van der Waals surface area contributed by atoms with E-state index in [2.05, 4.69) is 25.9 Å². The molecule has 0 saturated carbocycles. The van der Waals surface area contributed by atoms with Crippen molar-refractivity contribution in [2.75, 3.05) is 5.32 Å². The van der Waals surface area contributed by atoms with Gasteiger partial charge in [0.15, 0.2) is 0 Å². The average molecular weight is 465 g/mol. The lowest BCUT2D eigenvalue weighted by molar-refractivity contribution is -0.136. The average Bonchev–Trinajstić information content (AvgIpc) is 3.51. The maximum atomic E-state index is 13.1. The molecule has 1 atom stereocenters. The molecule has 1 unspecified atom stereocenters. The van der Waals surface area contributed by atoms with Gasteiger partial charge in [0.1, 0.15) is 18.3 Å². The number of piperidine rings is 1. The van der Waals surface area contributed by atoms with Crippen LogP contribution >= 0.6 is 11.3 Å². The summed E-state index contributed by atoms with van der Waals surface area (Å²) in [6.07, 6.45) is 3.31. The van der Waals surface area contributed by atoms with E-state index >= 15 is 0 Å². The van der Waals surface area contributed by atoms with E-state index in [-0.39, 0.29) is 36.2 Å². The molecule has 2 aromatic heterocycles. The third-order valence-corrected chi connectivity index (χ3v) is 6.07. The van der Waals surface area contributed by atoms with Crippen LogP contribution in [0.15, 0.2) is 36.1 Å². The van der Waals surface area contributed by atoms with Crippen LogP contribution in [0.3, 0.4) is 0 Å². The Morgan fingerprint density at radius 2 is 2.06 bits per heavy atom. The molecular formula is C20H15N7O5S. The first-order valence-electron chi connectivity index (χ1n) is 9.86. The van der Waals surface area contributed by atoms with E-state index < -0.39 is 35.6 Å². The van der Waals surface area contributed by atoms with Gasteiger partial charge in [-0.25, -0.2) is 4.68 Å². The third-order valence-electron chi connectivity index (χ3n) is 5.27. The number of anilines is 1. The lowest BCUT2D eigenvalue weighted by atomic mass is 10.0. The van der Waals surface area contributed by atoms with E-state index in [1.165, 1.54) is 34.2 Å². The minimum absolute atomic E-state index is 0.00416. The van der Waals surface area contributed by atoms with Gasteiger partial charge in [0.2, 0.25) is 17.7 Å². The SMILES string of the molecule is O=C1CCC(N2C(=O)c3cccc(NC(=O)Cn4cc(-c5cncs5)nn4)c3C2=O)C(=O)N1. The van der Waals surface area contributed by atoms with Gasteiger partial charge in [0.25, 0.3) is 11.8 Å². The molecule has 13 heteroatoms. The van der Waals surface area contributed by atoms with Gasteiger partial charge in [0, 0.05) is 12.6 Å². The number of aromatic nitrogens is 4. The zero-order chi connectivity index (χ0) is 23.1. The van der Waals surface area contributed by atoms with Crippen LogP contribution in [0.25, 0.3) is 10.6 Å². The van der Waals surface area contributed by atoms with Crippen LogP contribution < -0.4 is 10.6 Å². The molecule has 0 aliphatic carbocycles. The van der Waals surface area contributed by atoms with Crippen molar-refractivity contribution in [2.45, 2.75) is 25.4 Å². The number of amides is 5. The van der Waals surface area contributed by atoms with Crippen LogP contribution in [0.2, 0.25) is 0 Å². The predicted octanol–water partition coefficient (Wildman–Crippen LogP) is 0.441. The molecule has 12 nitrogen and oxygen atoms in total. The number of rotatable bonds is 5. The maximum Gasteiger partial charge on any atom is 0.264 e. The van der Waals surface area contributed by atoms with Crippen molar-refractivity contribution in [3.8, 4) is 10.6 Å². The van der Waals surface area contributed by atoms with Crippen LogP contribution in [-0.4, -0.2) is 60.5 Å². The van der Waals surface area contributed by atoms with Crippen LogP contribution in [0.4, 0.5) is 5.69 Å². The Bertz CT molecular complexity index is 1320. The number of hydrogen-bond donors (Lipinski definition) is 2. The quantitative estimate of drug-likeness (QED) is 0.514. The molecule has 33 heavy (non-hydrogen) atoms. The van der Waals surface area contributed by atoms with E-state index in [4.69, 9.17) is 0 Å². The van der Waals surface area contributed by atoms with Crippen molar-refractivity contribution in [3.63, 3.8) is 0 Å². The van der Waals surface area contributed by atoms with Crippen LogP contribution in [0.5, 0.6) is 0 Å². The fraction of sp³-hybridized carbons (Fsp3) is 0.200. The Kier molecular flexibility index (Phi) is 5.01. The first-order chi connectivity index (χ1) is 15.9. The number of nitrogens with zero attached hydrogens (tertiary/aromatic N) is 5. The highest BCUT2D eigenvalue weighted by Gasteiger charge is 2.45. The number of benzene rings is 1. The van der Waals surface area contributed by atoms with Crippen molar-refractivity contribution in [3.05, 3.63) is 47.2 Å². The summed E-state index contributed by atoms with van der Waals surface area (Å²) in [6, 6.07) is 3.40. The lowest BCUT2D eigenvalue weighted by Crippen LogP contribution is -2.54. The number of carbonyl (C=O) groups is 5. The molecule has 1 fully saturated rings. The maximum absolute atomic E-state index is 13.1. The van der Waals surface area contributed by atoms with Crippen molar-refractivity contribution in [1.29, 1.82) is 0 Å². The number of fused-ring (bicyclic) bond motifs is 1. The Morgan fingerprint density at radius 1 is 1.21 bits per heavy atom. The normalized spacial score (nSPS) is 17.8. The van der Waals surface area contributed by atoms with Crippen LogP contribution in [-0.2, 0) is 20.9 Å². The molecule has 1 aromatic carbocycles. The topological polar surface area (TPSA) is 156 Å². The van der Waals surface area contributed by atoms with Crippen LogP contribution in [0.1, 0.15) is 33.6 Å². The minimum Gasteiger partial charge on any atom is -0.324 e. The highest BCUT2D eigenvalue weighted by molar-refractivity contribution is 7.13. The Hall–Kier alpha value is -4.26. The summed E-state index contributed by atoms with van der Waals surface area (Å²) in [5.74, 6) is -2.98. The number of nitrogens with one attached hydrogen (secondary N) is 2. The zero-order valence-electron chi connectivity index (χ0n) is 16.8. The lowest BCUT2D eigenvalue weighted by Gasteiger charge is -2.27. The molecule has 3 aromatic rings. The van der Waals surface area contributed by atoms with Crippen molar-refractivity contribution in [2.24, 2.45) is 0 Å². The molecule has 5 rings (SSSR count). The van der Waals surface area contributed by atoms with E-state index in [1.54, 1.807) is 17.9 Å². The van der Waals surface area contributed by atoms with Gasteiger partial charge in [-0.2, -0.15) is 0 Å². The van der Waals surface area contributed by atoms with E-state index in [0.717, 1.165) is 9.78 Å². The number of thiazole rings is 1. The Morgan fingerprint density at radius 3 is 2.82 bits per heavy atom. The summed E-state index contributed by atoms with van der Waals surface area (Å²) >= 11 is 1.39. The second-order valence-electron chi connectivity index (χ2n) is 7.39. The summed E-state index contributed by atoms with van der Waals surface area (Å²) in [7, 11) is 0. The van der Waals surface area contributed by atoms with Gasteiger partial charge < -0.3 is 5.32 Å². The third kappa shape index (κ3) is 3.67. The molecule has 0 radical (unpaired) electrons. The second-order valence-corrected chi connectivity index (χ2v) is 8.28. The van der Waals surface area contributed by atoms with Crippen molar-refractivity contribution in [1.82, 2.24) is 30.2 Å². The van der Waals surface area contributed by atoms with E-state index in [0.29, 0.717) is 5.69 Å². The Labute approximate surface area is 189 Å². The summed E-state index contributed by atoms with van der Waals surface area (Å²) in [5.41, 5.74) is 2.47. The smallest absolute Gasteiger partial charge is 0.264 e. The summed E-state index contributed by atoms with van der Waals surface area (Å²) in [4.78, 5) is 67.9. The first-order valence-corrected chi connectivity index (χ1v) is 10.7. The standard InChI is InChI=1S/C20H15N7O5S/c28-15-5-4-13(18(30)23-15)27-19(31)10-2-1-3-11(17(10)20(27)32)22-16(29)8-26-7-12(24-25-26)14-6-21-9-33-14/h1-3,6-7,9,13H,4-5,8H2,(H,22,29)(H,23,28,30). The molecule has 2 N–H and O–H groups in total. The van der Waals surface area contributed by atoms with Crippen molar-refractivity contribution < 1.29 is 24.0 Å². The molecular weight excluding hydrogens is 450 g/mol. The van der Waals surface area contributed by atoms with Gasteiger partial charge >= 0.3 is 0 Å². The fourth-order valence-corrected chi connectivity index (χ4v) is 4.36. The molecule has 5 amide bonds. The minimum atomic E-state index is -1.08. The molecule has 2 aliphatic rings. The van der Waals surface area contributed by atoms with E-state index in [1.807, 2.05) is 0 Å². The summed E-state index contributed by atoms with van der Waals surface area (Å²) in [6.45, 7) is -0.172. The molecule has 166 valence electrons. The highest BCUT2D eigenvalue weighted by atomic mass is 32.1. The van der Waals surface area contributed by atoms with Gasteiger partial charge in [-0.15, -0.1) is 16.4 Å². The highest BCUT2D eigenvalue weighted by Crippen LogP contribution is 2.32. The molecule has 1 saturated heterocycles. The molecule has 4 heterocycles. The van der Waals surface area contributed by atoms with Gasteiger partial charge in [-0.05, 0) is 18.6 Å². The van der Waals surface area contributed by atoms with Gasteiger partial charge in [-0.1, -0.05) is 11.3 Å². The van der Waals surface area contributed by atoms with Crippen molar-refractivity contribution >= 4 is 46.6 Å². The van der Waals surface area contributed by atoms with Gasteiger partial charge in [-0.3, -0.25) is 39.2 Å². The van der Waals surface area contributed by atoms with Gasteiger partial charge in [0.05, 0.1) is 33.4 Å². The summed E-state index contributed by atoms with van der Waals surface area (Å²) in [5, 5.41) is 12.7. The largest absolute Gasteiger partial charge is 0.324 e. The second kappa shape index (κ2) is 8.02.